The van der Waals surface area contributed by atoms with Crippen LogP contribution in [0.25, 0.3) is 0 Å². The average Bonchev–Trinajstić information content (AvgIpc) is 2.80. The molecule has 7 nitrogen and oxygen atoms in total. The molecule has 1 aromatic rings. The van der Waals surface area contributed by atoms with Crippen molar-refractivity contribution in [2.75, 3.05) is 13.1 Å². The van der Waals surface area contributed by atoms with Gasteiger partial charge in [-0.2, -0.15) is 4.31 Å². The van der Waals surface area contributed by atoms with Crippen LogP contribution in [0.15, 0.2) is 23.1 Å². The Bertz CT molecular complexity index is 668. The summed E-state index contributed by atoms with van der Waals surface area (Å²) in [7, 11) is -3.95. The Morgan fingerprint density at radius 3 is 2.64 bits per heavy atom. The van der Waals surface area contributed by atoms with Crippen molar-refractivity contribution in [1.82, 2.24) is 4.31 Å². The monoisotopic (exact) mass is 369 g/mol. The molecule has 2 N–H and O–H groups in total. The second-order valence-electron chi connectivity index (χ2n) is 5.13. The van der Waals surface area contributed by atoms with Crippen molar-refractivity contribution in [3.05, 3.63) is 33.3 Å². The molecular weight excluding hydrogens is 353 g/mol. The molecule has 2 rings (SSSR count). The molecule has 1 aliphatic heterocycles. The predicted octanol–water partition coefficient (Wildman–Crippen LogP) is 2.03. The van der Waals surface area contributed by atoms with E-state index in [2.05, 4.69) is 0 Å². The van der Waals surface area contributed by atoms with Gasteiger partial charge >= 0.3 is 0 Å². The molecule has 0 saturated carbocycles. The molecule has 0 bridgehead atoms. The van der Waals surface area contributed by atoms with Gasteiger partial charge in [0.15, 0.2) is 4.90 Å². The fraction of sp³-hybridized carbons (Fsp3) is 0.500. The summed E-state index contributed by atoms with van der Waals surface area (Å²) in [6.45, 7) is 2.44. The van der Waals surface area contributed by atoms with Crippen LogP contribution in [0.3, 0.4) is 0 Å². The van der Waals surface area contributed by atoms with Gasteiger partial charge in [-0.1, -0.05) is 11.6 Å². The van der Waals surface area contributed by atoms with Gasteiger partial charge in [-0.15, -0.1) is 12.4 Å². The van der Waals surface area contributed by atoms with Gasteiger partial charge < -0.3 is 5.73 Å². The minimum absolute atomic E-state index is 0. The molecule has 2 unspecified atom stereocenters. The highest BCUT2D eigenvalue weighted by atomic mass is 35.5. The van der Waals surface area contributed by atoms with E-state index in [-0.39, 0.29) is 40.8 Å². The van der Waals surface area contributed by atoms with E-state index < -0.39 is 20.6 Å². The van der Waals surface area contributed by atoms with E-state index >= 15 is 0 Å². The Hall–Kier alpha value is -0.930. The lowest BCUT2D eigenvalue weighted by Crippen LogP contribution is -2.34. The molecule has 1 saturated heterocycles. The number of rotatable bonds is 4. The fourth-order valence-electron chi connectivity index (χ4n) is 2.59. The lowest BCUT2D eigenvalue weighted by Gasteiger charge is -2.20. The van der Waals surface area contributed by atoms with Crippen molar-refractivity contribution in [1.29, 1.82) is 0 Å². The van der Waals surface area contributed by atoms with Crippen molar-refractivity contribution in [2.24, 2.45) is 11.7 Å². The van der Waals surface area contributed by atoms with Gasteiger partial charge in [-0.05, 0) is 37.9 Å². The van der Waals surface area contributed by atoms with Crippen molar-refractivity contribution in [2.45, 2.75) is 24.3 Å². The third-order valence-electron chi connectivity index (χ3n) is 3.64. The molecule has 1 aliphatic rings. The van der Waals surface area contributed by atoms with Crippen LogP contribution in [0.5, 0.6) is 0 Å². The van der Waals surface area contributed by atoms with Gasteiger partial charge in [0.2, 0.25) is 10.0 Å². The second kappa shape index (κ2) is 7.10. The Balaban J connectivity index is 0.00000242. The quantitative estimate of drug-likeness (QED) is 0.645. The van der Waals surface area contributed by atoms with Gasteiger partial charge in [0.25, 0.3) is 5.69 Å². The van der Waals surface area contributed by atoms with E-state index in [0.29, 0.717) is 13.0 Å². The summed E-state index contributed by atoms with van der Waals surface area (Å²) in [6, 6.07) is 3.33. The maximum Gasteiger partial charge on any atom is 0.290 e. The van der Waals surface area contributed by atoms with Crippen LogP contribution in [-0.2, 0) is 10.0 Å². The number of hydrogen-bond donors (Lipinski definition) is 1. The van der Waals surface area contributed by atoms with Crippen molar-refractivity contribution in [3.63, 3.8) is 0 Å². The van der Waals surface area contributed by atoms with Crippen LogP contribution in [0.2, 0.25) is 5.02 Å². The van der Waals surface area contributed by atoms with Crippen LogP contribution in [0.4, 0.5) is 5.69 Å². The van der Waals surface area contributed by atoms with Gasteiger partial charge in [0, 0.05) is 23.7 Å². The normalized spacial score (nSPS) is 22.3. The van der Waals surface area contributed by atoms with Crippen LogP contribution in [-0.4, -0.2) is 36.8 Å². The van der Waals surface area contributed by atoms with E-state index in [1.807, 2.05) is 0 Å². The van der Waals surface area contributed by atoms with E-state index in [0.717, 1.165) is 6.07 Å². The standard InChI is InChI=1S/C12H16ClN3O4S.ClH/c1-8-4-9(6-14)7-15(8)21(19,20)12-3-2-10(13)5-11(12)16(17)18;/h2-3,5,8-9H,4,6-7,14H2,1H3;1H. The number of nitro groups is 1. The first-order valence-electron chi connectivity index (χ1n) is 6.43. The maximum absolute atomic E-state index is 12.7. The van der Waals surface area contributed by atoms with Gasteiger partial charge in [-0.25, -0.2) is 8.42 Å². The molecule has 0 aromatic heterocycles. The van der Waals surface area contributed by atoms with Crippen molar-refractivity contribution in [3.8, 4) is 0 Å². The van der Waals surface area contributed by atoms with Crippen LogP contribution in [0, 0.1) is 16.0 Å². The Morgan fingerprint density at radius 1 is 1.50 bits per heavy atom. The number of benzene rings is 1. The molecule has 2 atom stereocenters. The van der Waals surface area contributed by atoms with Crippen molar-refractivity contribution < 1.29 is 13.3 Å². The molecule has 0 amide bonds. The maximum atomic E-state index is 12.7. The zero-order valence-electron chi connectivity index (χ0n) is 11.8. The van der Waals surface area contributed by atoms with E-state index in [4.69, 9.17) is 17.3 Å². The first-order chi connectivity index (χ1) is 9.77. The Labute approximate surface area is 140 Å². The van der Waals surface area contributed by atoms with Gasteiger partial charge in [0.1, 0.15) is 0 Å². The lowest BCUT2D eigenvalue weighted by atomic mass is 10.1. The first kappa shape index (κ1) is 19.1. The third-order valence-corrected chi connectivity index (χ3v) is 5.90. The number of hydrogen-bond acceptors (Lipinski definition) is 5. The number of sulfonamides is 1. The highest BCUT2D eigenvalue weighted by molar-refractivity contribution is 7.89. The summed E-state index contributed by atoms with van der Waals surface area (Å²) in [5.41, 5.74) is 5.08. The largest absolute Gasteiger partial charge is 0.330 e. The number of nitro benzene ring substituents is 1. The molecule has 10 heteroatoms. The zero-order valence-corrected chi connectivity index (χ0v) is 14.2. The number of halogens is 2. The molecule has 1 fully saturated rings. The second-order valence-corrected chi connectivity index (χ2v) is 7.43. The predicted molar refractivity (Wildman–Crippen MR) is 85.9 cm³/mol. The third kappa shape index (κ3) is 3.52. The Kier molecular flexibility index (Phi) is 6.17. The van der Waals surface area contributed by atoms with Crippen LogP contribution in [0.1, 0.15) is 13.3 Å². The first-order valence-corrected chi connectivity index (χ1v) is 8.25. The molecule has 0 aliphatic carbocycles. The number of nitrogens with zero attached hydrogens (tertiary/aromatic N) is 2. The van der Waals surface area contributed by atoms with E-state index in [1.54, 1.807) is 6.92 Å². The zero-order chi connectivity index (χ0) is 15.8. The fourth-order valence-corrected chi connectivity index (χ4v) is 4.62. The molecular formula is C12H17Cl2N3O4S. The lowest BCUT2D eigenvalue weighted by molar-refractivity contribution is -0.387. The molecule has 124 valence electrons. The highest BCUT2D eigenvalue weighted by Gasteiger charge is 2.40. The minimum atomic E-state index is -3.95. The number of nitrogens with two attached hydrogens (primary N) is 1. The summed E-state index contributed by atoms with van der Waals surface area (Å²) in [5, 5.41) is 11.2. The SMILES string of the molecule is CC1CC(CN)CN1S(=O)(=O)c1ccc(Cl)cc1[N+](=O)[O-].Cl. The summed E-state index contributed by atoms with van der Waals surface area (Å²) in [5.74, 6) is 0.0705. The Morgan fingerprint density at radius 2 is 2.14 bits per heavy atom. The smallest absolute Gasteiger partial charge is 0.290 e. The van der Waals surface area contributed by atoms with E-state index in [9.17, 15) is 18.5 Å². The van der Waals surface area contributed by atoms with Gasteiger partial charge in [0.05, 0.1) is 4.92 Å². The topological polar surface area (TPSA) is 107 Å². The summed E-state index contributed by atoms with van der Waals surface area (Å²) >= 11 is 5.72. The molecule has 0 radical (unpaired) electrons. The summed E-state index contributed by atoms with van der Waals surface area (Å²) in [4.78, 5) is 10.0. The molecule has 22 heavy (non-hydrogen) atoms. The highest BCUT2D eigenvalue weighted by Crippen LogP contribution is 2.34. The molecule has 1 aromatic carbocycles. The van der Waals surface area contributed by atoms with Crippen LogP contribution < -0.4 is 5.73 Å². The summed E-state index contributed by atoms with van der Waals surface area (Å²) < 4.78 is 26.6. The molecule has 1 heterocycles. The summed E-state index contributed by atoms with van der Waals surface area (Å²) in [6.07, 6.45) is 0.650. The van der Waals surface area contributed by atoms with E-state index in [1.165, 1.54) is 16.4 Å². The molecule has 0 spiro atoms. The van der Waals surface area contributed by atoms with Crippen molar-refractivity contribution >= 4 is 39.7 Å². The minimum Gasteiger partial charge on any atom is -0.330 e. The van der Waals surface area contributed by atoms with Crippen LogP contribution >= 0.6 is 24.0 Å². The van der Waals surface area contributed by atoms with Gasteiger partial charge in [-0.3, -0.25) is 10.1 Å². The average molecular weight is 370 g/mol.